The molecule has 0 bridgehead atoms. The van der Waals surface area contributed by atoms with E-state index in [9.17, 15) is 4.79 Å². The van der Waals surface area contributed by atoms with Crippen molar-refractivity contribution < 1.29 is 9.53 Å². The van der Waals surface area contributed by atoms with Gasteiger partial charge in [-0.1, -0.05) is 0 Å². The van der Waals surface area contributed by atoms with Gasteiger partial charge in [0.05, 0.1) is 27.8 Å². The Hall–Kier alpha value is -1.80. The summed E-state index contributed by atoms with van der Waals surface area (Å²) in [5.41, 5.74) is 2.47. The number of ether oxygens (including phenoxy) is 1. The first-order valence-corrected chi connectivity index (χ1v) is 8.85. The molecule has 1 aromatic carbocycles. The SMILES string of the molecule is CN=C1NC2=C(Cc3cc(Br)c(OC)c(Br)c3)C(=O)NC=CC2N1. The van der Waals surface area contributed by atoms with E-state index in [4.69, 9.17) is 4.74 Å². The van der Waals surface area contributed by atoms with Gasteiger partial charge in [0.15, 0.2) is 5.96 Å². The lowest BCUT2D eigenvalue weighted by molar-refractivity contribution is -0.116. The molecular weight excluding hydrogens is 440 g/mol. The number of aliphatic imine (C=N–C) groups is 1. The summed E-state index contributed by atoms with van der Waals surface area (Å²) in [6, 6.07) is 3.81. The Balaban J connectivity index is 1.99. The van der Waals surface area contributed by atoms with Gasteiger partial charge in [-0.05, 0) is 55.6 Å². The van der Waals surface area contributed by atoms with Gasteiger partial charge in [-0.15, -0.1) is 0 Å². The van der Waals surface area contributed by atoms with E-state index in [0.717, 1.165) is 26.0 Å². The van der Waals surface area contributed by atoms with Crippen molar-refractivity contribution in [3.8, 4) is 5.75 Å². The van der Waals surface area contributed by atoms with Crippen LogP contribution in [0.3, 0.4) is 0 Å². The summed E-state index contributed by atoms with van der Waals surface area (Å²) in [4.78, 5) is 16.6. The van der Waals surface area contributed by atoms with Crippen molar-refractivity contribution in [1.29, 1.82) is 0 Å². The Morgan fingerprint density at radius 1 is 1.29 bits per heavy atom. The lowest BCUT2D eigenvalue weighted by Crippen LogP contribution is -2.27. The molecule has 0 aromatic heterocycles. The van der Waals surface area contributed by atoms with Crippen molar-refractivity contribution in [1.82, 2.24) is 16.0 Å². The van der Waals surface area contributed by atoms with E-state index in [2.05, 4.69) is 52.8 Å². The van der Waals surface area contributed by atoms with Gasteiger partial charge in [0, 0.05) is 25.2 Å². The maximum atomic E-state index is 12.5. The molecule has 1 saturated heterocycles. The average molecular weight is 456 g/mol. The lowest BCUT2D eigenvalue weighted by atomic mass is 10.0. The summed E-state index contributed by atoms with van der Waals surface area (Å²) < 4.78 is 6.99. The molecule has 0 spiro atoms. The summed E-state index contributed by atoms with van der Waals surface area (Å²) in [6.45, 7) is 0. The summed E-state index contributed by atoms with van der Waals surface area (Å²) in [7, 11) is 3.31. The van der Waals surface area contributed by atoms with Crippen LogP contribution in [-0.2, 0) is 11.2 Å². The van der Waals surface area contributed by atoms with Crippen LogP contribution in [-0.4, -0.2) is 32.1 Å². The second-order valence-electron chi connectivity index (χ2n) is 5.31. The zero-order valence-corrected chi connectivity index (χ0v) is 16.3. The first-order valence-electron chi connectivity index (χ1n) is 7.26. The Labute approximate surface area is 156 Å². The van der Waals surface area contributed by atoms with Gasteiger partial charge in [-0.2, -0.15) is 0 Å². The predicted molar refractivity (Wildman–Crippen MR) is 99.8 cm³/mol. The van der Waals surface area contributed by atoms with Crippen molar-refractivity contribution in [2.45, 2.75) is 12.5 Å². The van der Waals surface area contributed by atoms with Crippen LogP contribution >= 0.6 is 31.9 Å². The first-order chi connectivity index (χ1) is 11.5. The minimum absolute atomic E-state index is 0.0946. The van der Waals surface area contributed by atoms with E-state index >= 15 is 0 Å². The third-order valence-corrected chi connectivity index (χ3v) is 5.00. The highest BCUT2D eigenvalue weighted by Crippen LogP contribution is 2.35. The number of rotatable bonds is 3. The monoisotopic (exact) mass is 454 g/mol. The van der Waals surface area contributed by atoms with E-state index < -0.39 is 0 Å². The minimum Gasteiger partial charge on any atom is -0.494 e. The quantitative estimate of drug-likeness (QED) is 0.653. The molecule has 1 aromatic rings. The molecule has 1 atom stereocenters. The fraction of sp³-hybridized carbons (Fsp3) is 0.250. The minimum atomic E-state index is -0.126. The Morgan fingerprint density at radius 2 is 2.00 bits per heavy atom. The average Bonchev–Trinajstić information content (AvgIpc) is 2.89. The maximum Gasteiger partial charge on any atom is 0.253 e. The van der Waals surface area contributed by atoms with Crippen molar-refractivity contribution in [2.24, 2.45) is 4.99 Å². The van der Waals surface area contributed by atoms with Crippen molar-refractivity contribution in [2.75, 3.05) is 14.2 Å². The summed E-state index contributed by atoms with van der Waals surface area (Å²) in [5.74, 6) is 1.25. The zero-order valence-electron chi connectivity index (χ0n) is 13.1. The van der Waals surface area contributed by atoms with Gasteiger partial charge in [-0.25, -0.2) is 0 Å². The second-order valence-corrected chi connectivity index (χ2v) is 7.02. The molecule has 126 valence electrons. The number of fused-ring (bicyclic) bond motifs is 1. The molecule has 6 nitrogen and oxygen atoms in total. The highest BCUT2D eigenvalue weighted by Gasteiger charge is 2.30. The number of amides is 1. The maximum absolute atomic E-state index is 12.5. The van der Waals surface area contributed by atoms with Gasteiger partial charge >= 0.3 is 0 Å². The van der Waals surface area contributed by atoms with Gasteiger partial charge in [0.2, 0.25) is 0 Å². The number of nitrogens with one attached hydrogen (secondary N) is 3. The van der Waals surface area contributed by atoms with Gasteiger partial charge in [-0.3, -0.25) is 9.79 Å². The second kappa shape index (κ2) is 6.98. The number of hydrogen-bond donors (Lipinski definition) is 3. The largest absolute Gasteiger partial charge is 0.494 e. The fourth-order valence-electron chi connectivity index (χ4n) is 2.71. The van der Waals surface area contributed by atoms with E-state index in [-0.39, 0.29) is 11.9 Å². The van der Waals surface area contributed by atoms with Crippen molar-refractivity contribution in [3.05, 3.63) is 50.2 Å². The van der Waals surface area contributed by atoms with Crippen molar-refractivity contribution >= 4 is 43.7 Å². The third-order valence-electron chi connectivity index (χ3n) is 3.83. The third kappa shape index (κ3) is 3.21. The van der Waals surface area contributed by atoms with E-state index in [1.807, 2.05) is 18.2 Å². The Kier molecular flexibility index (Phi) is 4.96. The van der Waals surface area contributed by atoms with Crippen LogP contribution in [0.15, 0.2) is 49.6 Å². The number of nitrogens with zero attached hydrogens (tertiary/aromatic N) is 1. The number of benzene rings is 1. The first kappa shape index (κ1) is 17.0. The standard InChI is InChI=1S/C16H16Br2N4O2/c1-19-16-21-12-3-4-20-15(23)9(13(12)22-16)5-8-6-10(17)14(24-2)11(18)7-8/h3-4,6-7,12H,5H2,1-2H3,(H,20,23)(H2,19,21,22). The van der Waals surface area contributed by atoms with Gasteiger partial charge < -0.3 is 20.7 Å². The van der Waals surface area contributed by atoms with Crippen LogP contribution in [0.2, 0.25) is 0 Å². The highest BCUT2D eigenvalue weighted by atomic mass is 79.9. The summed E-state index contributed by atoms with van der Waals surface area (Å²) in [6.07, 6.45) is 4.03. The lowest BCUT2D eigenvalue weighted by Gasteiger charge is -2.13. The van der Waals surface area contributed by atoms with Crippen LogP contribution < -0.4 is 20.7 Å². The topological polar surface area (TPSA) is 74.8 Å². The molecular formula is C16H16Br2N4O2. The summed E-state index contributed by atoms with van der Waals surface area (Å²) >= 11 is 7.00. The zero-order chi connectivity index (χ0) is 17.3. The van der Waals surface area contributed by atoms with E-state index in [1.54, 1.807) is 20.4 Å². The molecule has 3 N–H and O–H groups in total. The number of hydrogen-bond acceptors (Lipinski definition) is 3. The van der Waals surface area contributed by atoms with E-state index in [1.165, 1.54) is 0 Å². The molecule has 24 heavy (non-hydrogen) atoms. The number of guanidine groups is 1. The molecule has 8 heteroatoms. The summed E-state index contributed by atoms with van der Waals surface area (Å²) in [5, 5.41) is 9.20. The Bertz CT molecular complexity index is 763. The van der Waals surface area contributed by atoms with Crippen LogP contribution in [0.1, 0.15) is 5.56 Å². The molecule has 0 radical (unpaired) electrons. The molecule has 1 fully saturated rings. The number of halogens is 2. The van der Waals surface area contributed by atoms with E-state index in [0.29, 0.717) is 18.0 Å². The molecule has 1 amide bonds. The highest BCUT2D eigenvalue weighted by molar-refractivity contribution is 9.11. The number of carbonyl (C=O) groups is 1. The molecule has 0 saturated carbocycles. The Morgan fingerprint density at radius 3 is 2.62 bits per heavy atom. The van der Waals surface area contributed by atoms with Gasteiger partial charge in [0.25, 0.3) is 5.91 Å². The van der Waals surface area contributed by atoms with Gasteiger partial charge in [0.1, 0.15) is 5.75 Å². The molecule has 0 aliphatic carbocycles. The molecule has 3 rings (SSSR count). The van der Waals surface area contributed by atoms with Crippen molar-refractivity contribution in [3.63, 3.8) is 0 Å². The molecule has 2 heterocycles. The smallest absolute Gasteiger partial charge is 0.253 e. The van der Waals surface area contributed by atoms with Crippen LogP contribution in [0, 0.1) is 0 Å². The van der Waals surface area contributed by atoms with Crippen LogP contribution in [0.4, 0.5) is 0 Å². The fourth-order valence-corrected chi connectivity index (χ4v) is 4.31. The molecule has 2 aliphatic rings. The molecule has 2 aliphatic heterocycles. The van der Waals surface area contributed by atoms with Crippen LogP contribution in [0.5, 0.6) is 5.75 Å². The number of methoxy groups -OCH3 is 1. The molecule has 1 unspecified atom stereocenters. The predicted octanol–water partition coefficient (Wildman–Crippen LogP) is 2.21. The van der Waals surface area contributed by atoms with Crippen LogP contribution in [0.25, 0.3) is 0 Å². The normalized spacial score (nSPS) is 21.1. The number of carbonyl (C=O) groups excluding carboxylic acids is 1.